The van der Waals surface area contributed by atoms with E-state index in [0.717, 1.165) is 133 Å². The van der Waals surface area contributed by atoms with Gasteiger partial charge in [0.25, 0.3) is 11.6 Å². The SMILES string of the molecule is CN.CNC(=O)CC(c1c[nH]c2cccc(OC)c12)C1CCCCC1.CNCCC(c1c[nH]c2cccc(OC)c12)C1CCCCC1.COc1cccc2[nH]cc(C(C3CCCCC3)C3C(=O)OC(C)(C)OC3=O)c12.COc1cccc2[nH]cc(C=C3C(=O)OC(C)(C)OC3=O)c12.COc1cccc2[nH]cc(C=O)c12.COc1cccc2[nH]ccc12.[Br-].[CH-]1CCCCC1.[Mg+2]. The van der Waals surface area contributed by atoms with Gasteiger partial charge in [0.15, 0.2) is 12.2 Å². The van der Waals surface area contributed by atoms with Gasteiger partial charge in [0.05, 0.1) is 48.0 Å². The summed E-state index contributed by atoms with van der Waals surface area (Å²) in [5.41, 5.74) is 15.3. The Balaban J connectivity index is 0.000000174. The zero-order valence-electron chi connectivity index (χ0n) is 77.2. The van der Waals surface area contributed by atoms with Crippen molar-refractivity contribution < 1.29 is 93.1 Å². The molecule has 6 fully saturated rings. The third kappa shape index (κ3) is 25.7. The number of rotatable bonds is 20. The third-order valence-corrected chi connectivity index (χ3v) is 24.9. The van der Waals surface area contributed by atoms with E-state index in [-0.39, 0.29) is 69.3 Å². The molecular formula is C102H130BrMgN9O16. The number of ether oxygens (including phenoxy) is 10. The molecule has 2 aliphatic heterocycles. The van der Waals surface area contributed by atoms with Crippen molar-refractivity contribution in [1.29, 1.82) is 0 Å². The molecule has 6 aliphatic rings. The monoisotopic (exact) mass is 1840 g/mol. The number of nitrogens with one attached hydrogen (secondary N) is 8. The van der Waals surface area contributed by atoms with Gasteiger partial charge < -0.3 is 117 Å². The van der Waals surface area contributed by atoms with Crippen LogP contribution in [0.15, 0.2) is 158 Å². The van der Waals surface area contributed by atoms with E-state index < -0.39 is 41.4 Å². The van der Waals surface area contributed by atoms with E-state index in [9.17, 15) is 28.8 Å². The fraction of sp³-hybridized carbons (Fsp3) is 0.441. The molecule has 4 saturated carbocycles. The van der Waals surface area contributed by atoms with Crippen LogP contribution >= 0.6 is 0 Å². The smallest absolute Gasteiger partial charge is 1.00 e. The Kier molecular flexibility index (Phi) is 39.5. The first-order valence-electron chi connectivity index (χ1n) is 44.8. The predicted molar refractivity (Wildman–Crippen MR) is 507 cm³/mol. The summed E-state index contributed by atoms with van der Waals surface area (Å²) in [6.07, 6.45) is 43.6. The molecule has 6 aromatic carbocycles. The van der Waals surface area contributed by atoms with Crippen LogP contribution in [0.4, 0.5) is 0 Å². The molecule has 2 saturated heterocycles. The maximum absolute atomic E-state index is 12.9. The minimum atomic E-state index is -1.25. The largest absolute Gasteiger partial charge is 2.00 e. The van der Waals surface area contributed by atoms with Gasteiger partial charge in [-0.3, -0.25) is 19.2 Å². The number of methoxy groups -OCH3 is 6. The molecule has 3 atom stereocenters. The van der Waals surface area contributed by atoms with E-state index in [4.69, 9.17) is 47.4 Å². The van der Waals surface area contributed by atoms with E-state index in [1.807, 2.05) is 104 Å². The molecule has 25 nitrogen and oxygen atoms in total. The van der Waals surface area contributed by atoms with Gasteiger partial charge in [0.1, 0.15) is 40.1 Å². The standard InChI is InChI=1S/C22H27NO5.C19H26N2O2.C19H28N2O.C16H15NO5.C10H9NO2.C9H9NO.C6H11.CH5N.BrH.Mg/c1-22(2)27-20(24)19(21(25)28-22)17(13-8-5-4-6-9-13)14-12-23-15-10-7-11-16(26-3)18(14)15;1-20-18(22)11-14(13-7-4-3-5-8-13)15-12-21-16-9-6-10-17(23-2)19(15)16;1-20-12-11-15(14-7-4-3-5-8-14)16-13-21-17-9-6-10-18(22-2)19(16)17;1-16(2)21-14(18)10(15(19)22-16)7-9-8-17-11-5-4-6-12(20-3)13(9)11;1-13-9-4-2-3-8-10(9)7(6-12)5-11-8;1-11-9-4-2-3-8-7(9)5-6-10-8;1-2-4-6-5-3-1;1-2;;/h7,10-13,17,19,23H,4-6,8-9H2,1-3H3;6,9-10,12-14,21H,3-5,7-8,11H2,1-2H3,(H,20,22);6,9-10,13-15,20-21H,3-5,7-8,11-12H2,1-2H3;4-8,17H,1-3H3;2-6,11H,1H3;2-6,10H,1H3;1H,2-6H2;2H2,1H3;1H;/q;;;;;;-1;;;+2/p-1. The van der Waals surface area contributed by atoms with E-state index in [1.165, 1.54) is 158 Å². The maximum atomic E-state index is 12.9. The summed E-state index contributed by atoms with van der Waals surface area (Å²) in [5.74, 6) is 1.35. The van der Waals surface area contributed by atoms with Crippen LogP contribution in [-0.4, -0.2) is 171 Å². The average Bonchev–Trinajstić information content (AvgIpc) is 1.70. The number of carbonyl (C=O) groups is 6. The summed E-state index contributed by atoms with van der Waals surface area (Å²) in [6, 6.07) is 37.3. The summed E-state index contributed by atoms with van der Waals surface area (Å²) in [4.78, 5) is 91.9. The zero-order valence-corrected chi connectivity index (χ0v) is 80.2. The summed E-state index contributed by atoms with van der Waals surface area (Å²) in [6.45, 7) is 7.26. The van der Waals surface area contributed by atoms with Gasteiger partial charge in [0, 0.05) is 155 Å². The van der Waals surface area contributed by atoms with Crippen molar-refractivity contribution in [2.45, 2.75) is 198 Å². The van der Waals surface area contributed by atoms with Crippen LogP contribution < -0.4 is 61.8 Å². The second-order valence-electron chi connectivity index (χ2n) is 33.7. The normalized spacial score (nSPS) is 16.8. The van der Waals surface area contributed by atoms with Gasteiger partial charge in [0.2, 0.25) is 5.91 Å². The molecular weight excluding hydrogens is 1710 g/mol. The Morgan fingerprint density at radius 1 is 0.457 bits per heavy atom. The van der Waals surface area contributed by atoms with Crippen molar-refractivity contribution in [2.75, 3.05) is 70.3 Å². The van der Waals surface area contributed by atoms with E-state index >= 15 is 0 Å². The average molecular weight is 1840 g/mol. The summed E-state index contributed by atoms with van der Waals surface area (Å²) in [7, 11) is 15.2. The molecule has 10 N–H and O–H groups in total. The molecule has 8 heterocycles. The number of aromatic nitrogens is 6. The minimum Gasteiger partial charge on any atom is -1.00 e. The van der Waals surface area contributed by atoms with Gasteiger partial charge in [-0.1, -0.05) is 113 Å². The fourth-order valence-corrected chi connectivity index (χ4v) is 18.9. The number of carbonyl (C=O) groups excluding carboxylic acids is 6. The molecule has 129 heavy (non-hydrogen) atoms. The fourth-order valence-electron chi connectivity index (χ4n) is 18.9. The van der Waals surface area contributed by atoms with Gasteiger partial charge in [-0.25, -0.2) is 9.59 Å². The number of benzene rings is 6. The minimum absolute atomic E-state index is 0. The van der Waals surface area contributed by atoms with Gasteiger partial charge in [-0.15, -0.1) is 0 Å². The van der Waals surface area contributed by atoms with Crippen molar-refractivity contribution in [1.82, 2.24) is 40.5 Å². The first-order chi connectivity index (χ1) is 61.7. The Hall–Kier alpha value is -10.7. The number of cyclic esters (lactones) is 4. The van der Waals surface area contributed by atoms with Crippen LogP contribution in [-0.2, 0) is 42.9 Å². The van der Waals surface area contributed by atoms with Crippen LogP contribution in [0.2, 0.25) is 0 Å². The van der Waals surface area contributed by atoms with E-state index in [0.29, 0.717) is 35.1 Å². The molecule has 12 aromatic rings. The van der Waals surface area contributed by atoms with Gasteiger partial charge in [-0.2, -0.15) is 12.8 Å². The molecule has 18 rings (SSSR count). The number of aromatic amines is 6. The molecule has 3 unspecified atom stereocenters. The number of hydrogen-bond acceptors (Lipinski definition) is 18. The topological polar surface area (TPSA) is 340 Å². The predicted octanol–water partition coefficient (Wildman–Crippen LogP) is 17.6. The second-order valence-corrected chi connectivity index (χ2v) is 33.7. The van der Waals surface area contributed by atoms with Crippen LogP contribution in [0.3, 0.4) is 0 Å². The van der Waals surface area contributed by atoms with E-state index in [2.05, 4.69) is 89.4 Å². The maximum Gasteiger partial charge on any atom is 2.00 e. The Morgan fingerprint density at radius 3 is 1.24 bits per heavy atom. The molecule has 27 heteroatoms. The number of amides is 1. The Labute approximate surface area is 783 Å². The number of aldehydes is 1. The number of esters is 4. The number of fused-ring (bicyclic) bond motifs is 6. The zero-order chi connectivity index (χ0) is 90.6. The number of nitrogens with two attached hydrogens (primary N) is 1. The summed E-state index contributed by atoms with van der Waals surface area (Å²) < 4.78 is 53.5. The van der Waals surface area contributed by atoms with Crippen LogP contribution in [0.5, 0.6) is 34.5 Å². The van der Waals surface area contributed by atoms with Crippen molar-refractivity contribution in [3.63, 3.8) is 0 Å². The van der Waals surface area contributed by atoms with Crippen molar-refractivity contribution >= 4 is 131 Å². The second kappa shape index (κ2) is 49.9. The quantitative estimate of drug-likeness (QED) is 0.00651. The number of H-pyrrole nitrogens is 6. The summed E-state index contributed by atoms with van der Waals surface area (Å²) in [5, 5.41) is 12.2. The van der Waals surface area contributed by atoms with Crippen molar-refractivity contribution in [2.24, 2.45) is 29.4 Å². The summed E-state index contributed by atoms with van der Waals surface area (Å²) >= 11 is 0. The third-order valence-electron chi connectivity index (χ3n) is 24.9. The molecule has 688 valence electrons. The van der Waals surface area contributed by atoms with Crippen molar-refractivity contribution in [3.05, 3.63) is 192 Å². The Morgan fingerprint density at radius 2 is 0.822 bits per heavy atom. The number of halogens is 1. The number of hydrogen-bond donors (Lipinski definition) is 9. The first-order valence-corrected chi connectivity index (χ1v) is 44.8. The van der Waals surface area contributed by atoms with Gasteiger partial charge >= 0.3 is 46.9 Å². The molecule has 6 aromatic heterocycles. The molecule has 0 radical (unpaired) electrons. The molecule has 1 amide bonds. The Bertz CT molecular complexity index is 5570. The van der Waals surface area contributed by atoms with Crippen LogP contribution in [0, 0.1) is 30.1 Å². The van der Waals surface area contributed by atoms with Gasteiger partial charge in [-0.05, 0) is 197 Å². The molecule has 0 spiro atoms. The van der Waals surface area contributed by atoms with Crippen molar-refractivity contribution in [3.8, 4) is 34.5 Å². The molecule has 0 bridgehead atoms. The van der Waals surface area contributed by atoms with Crippen LogP contribution in [0.25, 0.3) is 71.5 Å². The van der Waals surface area contributed by atoms with Crippen LogP contribution in [0.1, 0.15) is 219 Å². The molecule has 4 aliphatic carbocycles. The van der Waals surface area contributed by atoms with E-state index in [1.54, 1.807) is 82.0 Å². The first kappa shape index (κ1) is 102.